The van der Waals surface area contributed by atoms with Gasteiger partial charge in [-0.15, -0.1) is 0 Å². The number of rotatable bonds is 8. The smallest absolute Gasteiger partial charge is 0.323 e. The molecule has 6 rings (SSSR count). The van der Waals surface area contributed by atoms with E-state index in [0.717, 1.165) is 12.1 Å². The molecule has 0 heterocycles. The molecule has 0 unspecified atom stereocenters. The van der Waals surface area contributed by atoms with Gasteiger partial charge in [-0.05, 0) is 83.6 Å². The quantitative estimate of drug-likeness (QED) is 0.0659. The normalized spacial score (nSPS) is 11.6. The highest BCUT2D eigenvalue weighted by Gasteiger charge is 2.19. The number of hydrogen-bond donors (Lipinski definition) is 8. The van der Waals surface area contributed by atoms with Crippen LogP contribution in [-0.4, -0.2) is 54.0 Å². The van der Waals surface area contributed by atoms with Crippen molar-refractivity contribution in [3.63, 3.8) is 0 Å². The van der Waals surface area contributed by atoms with Crippen LogP contribution in [0.3, 0.4) is 0 Å². The van der Waals surface area contributed by atoms with Crippen LogP contribution in [0.4, 0.5) is 27.5 Å². The number of anilines is 4. The molecule has 6 aromatic carbocycles. The van der Waals surface area contributed by atoms with Gasteiger partial charge in [0.15, 0.2) is 0 Å². The summed E-state index contributed by atoms with van der Waals surface area (Å²) in [5.74, 6) is -2.15. The zero-order valence-corrected chi connectivity index (χ0v) is 28.0. The topological polar surface area (TPSA) is 249 Å². The monoisotopic (exact) mass is 742 g/mol. The number of hydrogen-bond acceptors (Lipinski definition) is 9. The van der Waals surface area contributed by atoms with E-state index < -0.39 is 47.9 Å². The van der Waals surface area contributed by atoms with Gasteiger partial charge in [-0.25, -0.2) is 4.79 Å². The van der Waals surface area contributed by atoms with E-state index in [1.807, 2.05) is 0 Å². The standard InChI is InChI=1S/C35H26N4O11S2/c40-29-13-9-19-7-11-25(51(45,46)47)17-27(19)31(29)38-33(42)21-3-1-5-23(15-21)36-35(44)37-24-6-2-4-22(16-24)34(43)39-32-28-18-26(52(48,49)50)12-8-20(28)10-14-30(32)41/h1-18,40-41H,(H,38,42)(H,39,43)(H2,36,37,44)(H,45,46,47)(H,48,49,50). The number of amides is 4. The Balaban J connectivity index is 1.16. The molecule has 0 saturated heterocycles. The van der Waals surface area contributed by atoms with E-state index in [0.29, 0.717) is 10.8 Å². The summed E-state index contributed by atoms with van der Waals surface area (Å²) in [5, 5.41) is 32.4. The first-order valence-corrected chi connectivity index (χ1v) is 17.8. The lowest BCUT2D eigenvalue weighted by atomic mass is 10.1. The average Bonchev–Trinajstić information content (AvgIpc) is 3.09. The number of fused-ring (bicyclic) bond motifs is 2. The molecule has 0 aliphatic rings. The Kier molecular flexibility index (Phi) is 9.26. The van der Waals surface area contributed by atoms with Crippen molar-refractivity contribution in [2.45, 2.75) is 9.79 Å². The summed E-state index contributed by atoms with van der Waals surface area (Å²) in [5.41, 5.74) is 0.271. The number of benzene rings is 6. The van der Waals surface area contributed by atoms with Gasteiger partial charge >= 0.3 is 6.03 Å². The largest absolute Gasteiger partial charge is 0.506 e. The molecule has 4 amide bonds. The summed E-state index contributed by atoms with van der Waals surface area (Å²) in [7, 11) is -9.14. The first-order chi connectivity index (χ1) is 24.6. The lowest BCUT2D eigenvalue weighted by Crippen LogP contribution is -2.20. The highest BCUT2D eigenvalue weighted by atomic mass is 32.2. The molecule has 264 valence electrons. The Morgan fingerprint density at radius 2 is 0.865 bits per heavy atom. The molecule has 6 aromatic rings. The number of carbonyl (C=O) groups is 3. The van der Waals surface area contributed by atoms with Crippen LogP contribution < -0.4 is 21.3 Å². The second kappa shape index (κ2) is 13.6. The van der Waals surface area contributed by atoms with E-state index in [1.54, 1.807) is 0 Å². The predicted octanol–water partition coefficient (Wildman–Crippen LogP) is 6.05. The Labute approximate surface area is 295 Å². The summed E-state index contributed by atoms with van der Waals surface area (Å²) in [6.07, 6.45) is 0. The average molecular weight is 743 g/mol. The Morgan fingerprint density at radius 1 is 0.481 bits per heavy atom. The maximum atomic E-state index is 13.2. The van der Waals surface area contributed by atoms with Crippen molar-refractivity contribution in [1.29, 1.82) is 0 Å². The molecular formula is C35H26N4O11S2. The zero-order valence-electron chi connectivity index (χ0n) is 26.4. The molecule has 0 spiro atoms. The van der Waals surface area contributed by atoms with Crippen LogP contribution in [0.2, 0.25) is 0 Å². The Hall–Kier alpha value is -6.53. The van der Waals surface area contributed by atoms with E-state index in [-0.39, 0.29) is 56.1 Å². The first kappa shape index (κ1) is 35.3. The Morgan fingerprint density at radius 3 is 1.25 bits per heavy atom. The van der Waals surface area contributed by atoms with Crippen molar-refractivity contribution >= 4 is 82.4 Å². The number of urea groups is 1. The van der Waals surface area contributed by atoms with Gasteiger partial charge in [0.25, 0.3) is 32.1 Å². The molecular weight excluding hydrogens is 717 g/mol. The van der Waals surface area contributed by atoms with Gasteiger partial charge in [-0.3, -0.25) is 18.7 Å². The van der Waals surface area contributed by atoms with Crippen LogP contribution >= 0.6 is 0 Å². The van der Waals surface area contributed by atoms with Crippen molar-refractivity contribution in [1.82, 2.24) is 0 Å². The van der Waals surface area contributed by atoms with Crippen molar-refractivity contribution < 1.29 is 50.5 Å². The molecule has 8 N–H and O–H groups in total. The van der Waals surface area contributed by atoms with Crippen LogP contribution in [-0.2, 0) is 20.2 Å². The van der Waals surface area contributed by atoms with E-state index >= 15 is 0 Å². The van der Waals surface area contributed by atoms with Gasteiger partial charge in [-0.2, -0.15) is 16.8 Å². The van der Waals surface area contributed by atoms with Gasteiger partial charge < -0.3 is 31.5 Å². The Bertz CT molecular complexity index is 2500. The van der Waals surface area contributed by atoms with E-state index in [2.05, 4.69) is 21.3 Å². The summed E-state index contributed by atoms with van der Waals surface area (Å²) >= 11 is 0. The number of nitrogens with one attached hydrogen (secondary N) is 4. The third-order valence-corrected chi connectivity index (χ3v) is 9.48. The molecule has 0 aliphatic carbocycles. The lowest BCUT2D eigenvalue weighted by molar-refractivity contribution is 0.101. The highest BCUT2D eigenvalue weighted by Crippen LogP contribution is 2.36. The van der Waals surface area contributed by atoms with Crippen molar-refractivity contribution in [3.05, 3.63) is 120 Å². The van der Waals surface area contributed by atoms with Crippen LogP contribution in [0.25, 0.3) is 21.5 Å². The van der Waals surface area contributed by atoms with Crippen molar-refractivity contribution in [2.24, 2.45) is 0 Å². The van der Waals surface area contributed by atoms with Crippen LogP contribution in [0.5, 0.6) is 11.5 Å². The van der Waals surface area contributed by atoms with Gasteiger partial charge in [0.05, 0.1) is 21.2 Å². The maximum Gasteiger partial charge on any atom is 0.323 e. The van der Waals surface area contributed by atoms with Crippen LogP contribution in [0, 0.1) is 0 Å². The van der Waals surface area contributed by atoms with E-state index in [9.17, 15) is 50.5 Å². The van der Waals surface area contributed by atoms with Crippen LogP contribution in [0.1, 0.15) is 20.7 Å². The molecule has 0 atom stereocenters. The molecule has 52 heavy (non-hydrogen) atoms. The molecule has 0 aliphatic heterocycles. The van der Waals surface area contributed by atoms with Gasteiger partial charge in [0, 0.05) is 33.3 Å². The molecule has 0 radical (unpaired) electrons. The molecule has 0 fully saturated rings. The van der Waals surface area contributed by atoms with Crippen molar-refractivity contribution in [3.8, 4) is 11.5 Å². The third kappa shape index (κ3) is 7.62. The summed E-state index contributed by atoms with van der Waals surface area (Å²) in [4.78, 5) is 38.4. The van der Waals surface area contributed by atoms with Crippen LogP contribution in [0.15, 0.2) is 119 Å². The molecule has 0 saturated carbocycles. The number of aromatic hydroxyl groups is 2. The number of phenols is 2. The fourth-order valence-corrected chi connectivity index (χ4v) is 6.31. The highest BCUT2D eigenvalue weighted by molar-refractivity contribution is 7.86. The number of carbonyl (C=O) groups excluding carboxylic acids is 3. The minimum absolute atomic E-state index is 0.0548. The minimum atomic E-state index is -4.57. The summed E-state index contributed by atoms with van der Waals surface area (Å²) in [6.45, 7) is 0. The van der Waals surface area contributed by atoms with E-state index in [1.165, 1.54) is 97.1 Å². The SMILES string of the molecule is O=C(Nc1cccc(C(=O)Nc2c(O)ccc3ccc(S(=O)(=O)O)cc23)c1)Nc1cccc(C(=O)Nc2c(O)ccc3ccc(S(=O)(=O)O)cc23)c1. The molecule has 17 heteroatoms. The first-order valence-electron chi connectivity index (χ1n) is 14.9. The predicted molar refractivity (Wildman–Crippen MR) is 192 cm³/mol. The maximum absolute atomic E-state index is 13.2. The second-order valence-electron chi connectivity index (χ2n) is 11.3. The third-order valence-electron chi connectivity index (χ3n) is 7.78. The van der Waals surface area contributed by atoms with Gasteiger partial charge in [0.1, 0.15) is 11.5 Å². The fourth-order valence-electron chi connectivity index (χ4n) is 5.30. The molecule has 0 aromatic heterocycles. The van der Waals surface area contributed by atoms with Crippen molar-refractivity contribution in [2.75, 3.05) is 21.3 Å². The molecule has 0 bridgehead atoms. The second-order valence-corrected chi connectivity index (χ2v) is 14.1. The number of phenolic OH excluding ortho intramolecular Hbond substituents is 2. The van der Waals surface area contributed by atoms with E-state index in [4.69, 9.17) is 0 Å². The fraction of sp³-hybridized carbons (Fsp3) is 0. The minimum Gasteiger partial charge on any atom is -0.506 e. The zero-order chi connectivity index (χ0) is 37.4. The van der Waals surface area contributed by atoms with Gasteiger partial charge in [0.2, 0.25) is 0 Å². The lowest BCUT2D eigenvalue weighted by Gasteiger charge is -2.13. The van der Waals surface area contributed by atoms with Gasteiger partial charge in [-0.1, -0.05) is 36.4 Å². The summed E-state index contributed by atoms with van der Waals surface area (Å²) in [6, 6.07) is 23.8. The molecule has 15 nitrogen and oxygen atoms in total. The summed E-state index contributed by atoms with van der Waals surface area (Å²) < 4.78 is 65.6.